The van der Waals surface area contributed by atoms with E-state index in [1.807, 2.05) is 23.9 Å². The van der Waals surface area contributed by atoms with Crippen molar-refractivity contribution in [2.75, 3.05) is 19.6 Å². The molecule has 1 aliphatic heterocycles. The van der Waals surface area contributed by atoms with E-state index in [1.165, 1.54) is 10.8 Å². The Balaban J connectivity index is 1.32. The van der Waals surface area contributed by atoms with E-state index in [2.05, 4.69) is 20.0 Å². The Hall–Kier alpha value is -3.99. The van der Waals surface area contributed by atoms with Crippen molar-refractivity contribution in [3.63, 3.8) is 0 Å². The number of hydrogen-bond acceptors (Lipinski definition) is 6. The van der Waals surface area contributed by atoms with Gasteiger partial charge in [-0.2, -0.15) is 5.10 Å². The van der Waals surface area contributed by atoms with Gasteiger partial charge in [-0.3, -0.25) is 14.5 Å². The molecule has 2 N–H and O–H groups in total. The van der Waals surface area contributed by atoms with Gasteiger partial charge in [0.15, 0.2) is 5.65 Å². The summed E-state index contributed by atoms with van der Waals surface area (Å²) in [6.07, 6.45) is 5.09. The number of aromatic nitrogens is 5. The van der Waals surface area contributed by atoms with E-state index in [4.69, 9.17) is 9.94 Å². The van der Waals surface area contributed by atoms with Crippen LogP contribution < -0.4 is 10.5 Å². The Labute approximate surface area is 218 Å². The van der Waals surface area contributed by atoms with Gasteiger partial charge in [0.2, 0.25) is 0 Å². The van der Waals surface area contributed by atoms with E-state index in [-0.39, 0.29) is 18.3 Å². The zero-order valence-corrected chi connectivity index (χ0v) is 21.6. The molecule has 1 fully saturated rings. The summed E-state index contributed by atoms with van der Waals surface area (Å²) < 4.78 is 17.3. The molecule has 0 aliphatic carbocycles. The van der Waals surface area contributed by atoms with E-state index in [1.54, 1.807) is 32.2 Å². The number of carboxylic acids is 1. The lowest BCUT2D eigenvalue weighted by Gasteiger charge is -2.31. The van der Waals surface area contributed by atoms with Crippen molar-refractivity contribution >= 4 is 17.1 Å². The quantitative estimate of drug-likeness (QED) is 0.363. The Morgan fingerprint density at radius 1 is 1.24 bits per heavy atom. The Morgan fingerprint density at radius 2 is 2.00 bits per heavy atom. The molecule has 38 heavy (non-hydrogen) atoms. The van der Waals surface area contributed by atoms with Crippen molar-refractivity contribution < 1.29 is 19.1 Å². The molecule has 11 heteroatoms. The Morgan fingerprint density at radius 3 is 2.74 bits per heavy atom. The molecule has 1 aliphatic rings. The summed E-state index contributed by atoms with van der Waals surface area (Å²) in [5, 5.41) is 13.4. The predicted octanol–water partition coefficient (Wildman–Crippen LogP) is 3.65. The SMILES string of the molecule is Cc1ccc(F)c(C)c1C(C)On1c(=O)[nH]c2nc(-c3cnn(C4CCN(CCC(=O)O)CC4)c3)ccc21. The lowest BCUT2D eigenvalue weighted by Crippen LogP contribution is -2.36. The van der Waals surface area contributed by atoms with Gasteiger partial charge < -0.3 is 14.8 Å². The Bertz CT molecular complexity index is 1530. The van der Waals surface area contributed by atoms with Crippen LogP contribution in [0.4, 0.5) is 4.39 Å². The number of aliphatic carboxylic acids is 1. The number of imidazole rings is 1. The van der Waals surface area contributed by atoms with Gasteiger partial charge in [0.05, 0.1) is 24.4 Å². The minimum absolute atomic E-state index is 0.155. The van der Waals surface area contributed by atoms with Crippen molar-refractivity contribution in [2.24, 2.45) is 0 Å². The molecule has 0 bridgehead atoms. The Kier molecular flexibility index (Phi) is 7.02. The lowest BCUT2D eigenvalue weighted by molar-refractivity contribution is -0.137. The maximum Gasteiger partial charge on any atom is 0.360 e. The molecule has 10 nitrogen and oxygen atoms in total. The number of rotatable bonds is 8. The van der Waals surface area contributed by atoms with Crippen LogP contribution in [0.1, 0.15) is 55.0 Å². The highest BCUT2D eigenvalue weighted by molar-refractivity contribution is 5.75. The van der Waals surface area contributed by atoms with Gasteiger partial charge in [0.25, 0.3) is 0 Å². The highest BCUT2D eigenvalue weighted by Crippen LogP contribution is 2.27. The summed E-state index contributed by atoms with van der Waals surface area (Å²) in [5.74, 6) is -1.09. The third-order valence-electron chi connectivity index (χ3n) is 7.31. The average molecular weight is 523 g/mol. The van der Waals surface area contributed by atoms with Crippen LogP contribution in [0.2, 0.25) is 0 Å². The monoisotopic (exact) mass is 522 g/mol. The first kappa shape index (κ1) is 25.7. The van der Waals surface area contributed by atoms with Crippen molar-refractivity contribution in [1.82, 2.24) is 29.4 Å². The van der Waals surface area contributed by atoms with Gasteiger partial charge in [-0.25, -0.2) is 14.2 Å². The zero-order chi connectivity index (χ0) is 27.0. The number of carboxylic acid groups (broad SMARTS) is 1. The fourth-order valence-corrected chi connectivity index (χ4v) is 5.24. The van der Waals surface area contributed by atoms with Gasteiger partial charge in [0.1, 0.15) is 17.4 Å². The first-order chi connectivity index (χ1) is 18.2. The number of benzene rings is 1. The maximum atomic E-state index is 14.2. The second-order valence-electron chi connectivity index (χ2n) is 9.86. The molecule has 1 saturated heterocycles. The van der Waals surface area contributed by atoms with Gasteiger partial charge >= 0.3 is 11.7 Å². The number of fused-ring (bicyclic) bond motifs is 1. The van der Waals surface area contributed by atoms with E-state index >= 15 is 0 Å². The highest BCUT2D eigenvalue weighted by atomic mass is 19.1. The number of aromatic amines is 1. The number of halogens is 1. The smallest absolute Gasteiger partial charge is 0.360 e. The second-order valence-corrected chi connectivity index (χ2v) is 9.86. The molecule has 5 rings (SSSR count). The fraction of sp³-hybridized carbons (Fsp3) is 0.407. The number of nitrogens with one attached hydrogen (secondary N) is 1. The number of piperidine rings is 1. The maximum absolute atomic E-state index is 14.2. The average Bonchev–Trinajstić information content (AvgIpc) is 3.50. The van der Waals surface area contributed by atoms with Crippen molar-refractivity contribution in [3.8, 4) is 11.3 Å². The summed E-state index contributed by atoms with van der Waals surface area (Å²) in [6.45, 7) is 7.60. The molecule has 1 aromatic carbocycles. The number of likely N-dealkylation sites (tertiary alicyclic amines) is 1. The summed E-state index contributed by atoms with van der Waals surface area (Å²) in [4.78, 5) is 39.1. The number of pyridine rings is 1. The molecule has 0 saturated carbocycles. The highest BCUT2D eigenvalue weighted by Gasteiger charge is 2.23. The molecule has 4 aromatic rings. The summed E-state index contributed by atoms with van der Waals surface area (Å²) >= 11 is 0. The number of carbonyl (C=O) groups is 1. The second kappa shape index (κ2) is 10.4. The molecule has 1 atom stereocenters. The van der Waals surface area contributed by atoms with E-state index < -0.39 is 17.8 Å². The van der Waals surface area contributed by atoms with Crippen LogP contribution in [0.5, 0.6) is 0 Å². The third-order valence-corrected chi connectivity index (χ3v) is 7.31. The molecular weight excluding hydrogens is 491 g/mol. The topological polar surface area (TPSA) is 118 Å². The van der Waals surface area contributed by atoms with Crippen LogP contribution in [0.25, 0.3) is 22.4 Å². The van der Waals surface area contributed by atoms with E-state index in [9.17, 15) is 14.0 Å². The predicted molar refractivity (Wildman–Crippen MR) is 139 cm³/mol. The summed E-state index contributed by atoms with van der Waals surface area (Å²) in [6, 6.07) is 6.95. The number of hydrogen-bond donors (Lipinski definition) is 2. The zero-order valence-electron chi connectivity index (χ0n) is 21.6. The molecule has 0 amide bonds. The van der Waals surface area contributed by atoms with Crippen LogP contribution >= 0.6 is 0 Å². The van der Waals surface area contributed by atoms with Gasteiger partial charge in [0, 0.05) is 37.0 Å². The summed E-state index contributed by atoms with van der Waals surface area (Å²) in [5.41, 5.74) is 3.98. The van der Waals surface area contributed by atoms with Crippen LogP contribution in [-0.2, 0) is 4.79 Å². The number of aryl methyl sites for hydroxylation is 1. The normalized spacial score (nSPS) is 15.7. The first-order valence-corrected chi connectivity index (χ1v) is 12.7. The van der Waals surface area contributed by atoms with Crippen molar-refractivity contribution in [1.29, 1.82) is 0 Å². The molecule has 3 aromatic heterocycles. The van der Waals surface area contributed by atoms with Crippen LogP contribution in [0.3, 0.4) is 0 Å². The molecule has 4 heterocycles. The van der Waals surface area contributed by atoms with Crippen LogP contribution in [0, 0.1) is 19.7 Å². The third kappa shape index (κ3) is 5.06. The molecular formula is C27H31FN6O4. The molecule has 0 radical (unpaired) electrons. The van der Waals surface area contributed by atoms with E-state index in [0.29, 0.717) is 34.5 Å². The van der Waals surface area contributed by atoms with Gasteiger partial charge in [-0.1, -0.05) is 6.07 Å². The molecule has 200 valence electrons. The van der Waals surface area contributed by atoms with Crippen molar-refractivity contribution in [2.45, 2.75) is 52.2 Å². The largest absolute Gasteiger partial charge is 0.481 e. The fourth-order valence-electron chi connectivity index (χ4n) is 5.24. The minimum atomic E-state index is -0.775. The number of nitrogens with zero attached hydrogens (tertiary/aromatic N) is 5. The van der Waals surface area contributed by atoms with Crippen molar-refractivity contribution in [3.05, 3.63) is 69.7 Å². The molecule has 0 spiro atoms. The van der Waals surface area contributed by atoms with Crippen LogP contribution in [-0.4, -0.2) is 60.1 Å². The van der Waals surface area contributed by atoms with Gasteiger partial charge in [-0.05, 0) is 62.9 Å². The van der Waals surface area contributed by atoms with E-state index in [0.717, 1.165) is 37.1 Å². The minimum Gasteiger partial charge on any atom is -0.481 e. The standard InChI is InChI=1S/C27H31FN6O4/c1-16-4-5-21(28)17(2)25(16)18(3)38-34-23-7-6-22(30-26(23)31-27(34)37)19-14-29-33(15-19)20-8-11-32(12-9-20)13-10-24(35)36/h4-7,14-15,18,20H,8-13H2,1-3H3,(H,35,36)(H,30,31,37). The van der Waals surface area contributed by atoms with Crippen LogP contribution in [0.15, 0.2) is 41.5 Å². The first-order valence-electron chi connectivity index (χ1n) is 12.7. The van der Waals surface area contributed by atoms with Gasteiger partial charge in [-0.15, -0.1) is 4.73 Å². The lowest BCUT2D eigenvalue weighted by atomic mass is 9.98. The molecule has 1 unspecified atom stereocenters. The summed E-state index contributed by atoms with van der Waals surface area (Å²) in [7, 11) is 0. The number of H-pyrrole nitrogens is 1.